The Morgan fingerprint density at radius 1 is 1.31 bits per heavy atom. The highest BCUT2D eigenvalue weighted by molar-refractivity contribution is 9.10. The minimum atomic E-state index is 0.628. The third-order valence-corrected chi connectivity index (χ3v) is 5.09. The van der Waals surface area contributed by atoms with Crippen molar-refractivity contribution in [1.29, 1.82) is 0 Å². The Kier molecular flexibility index (Phi) is 3.73. The van der Waals surface area contributed by atoms with E-state index in [9.17, 15) is 0 Å². The quantitative estimate of drug-likeness (QED) is 0.787. The van der Waals surface area contributed by atoms with E-state index in [4.69, 9.17) is 5.10 Å². The summed E-state index contributed by atoms with van der Waals surface area (Å²) in [6.07, 6.45) is 6.71. The number of aromatic nitrogens is 2. The number of hydrogen-bond acceptors (Lipinski definition) is 1. The molecule has 1 fully saturated rings. The first-order valence-corrected chi connectivity index (χ1v) is 7.15. The number of halogens is 1. The molecule has 0 aromatic carbocycles. The van der Waals surface area contributed by atoms with Crippen LogP contribution in [0.1, 0.15) is 56.5 Å². The van der Waals surface area contributed by atoms with Gasteiger partial charge in [0, 0.05) is 0 Å². The molecule has 16 heavy (non-hydrogen) atoms. The standard InChI is InChI=1S/C13H21BrN2/c1-4-11-7-5-6-8-12(11)16-10(3)13(14)9(2)15-16/h11-12H,4-8H2,1-3H3. The second kappa shape index (κ2) is 4.91. The largest absolute Gasteiger partial charge is 0.265 e. The highest BCUT2D eigenvalue weighted by Crippen LogP contribution is 2.37. The second-order valence-corrected chi connectivity index (χ2v) is 5.74. The molecule has 0 amide bonds. The number of hydrogen-bond donors (Lipinski definition) is 0. The lowest BCUT2D eigenvalue weighted by molar-refractivity contribution is 0.214. The molecule has 90 valence electrons. The van der Waals surface area contributed by atoms with Crippen LogP contribution in [-0.2, 0) is 0 Å². The van der Waals surface area contributed by atoms with Crippen LogP contribution in [0.2, 0.25) is 0 Å². The van der Waals surface area contributed by atoms with E-state index >= 15 is 0 Å². The lowest BCUT2D eigenvalue weighted by atomic mass is 9.83. The number of rotatable bonds is 2. The lowest BCUT2D eigenvalue weighted by Gasteiger charge is -2.31. The minimum absolute atomic E-state index is 0.628. The maximum Gasteiger partial charge on any atom is 0.0738 e. The Hall–Kier alpha value is -0.310. The highest BCUT2D eigenvalue weighted by atomic mass is 79.9. The van der Waals surface area contributed by atoms with Crippen LogP contribution in [0.15, 0.2) is 4.47 Å². The molecule has 2 rings (SSSR count). The molecule has 2 atom stereocenters. The zero-order valence-corrected chi connectivity index (χ0v) is 12.0. The molecule has 0 bridgehead atoms. The Morgan fingerprint density at radius 2 is 2.00 bits per heavy atom. The zero-order chi connectivity index (χ0) is 11.7. The molecule has 0 spiro atoms. The lowest BCUT2D eigenvalue weighted by Crippen LogP contribution is -2.24. The van der Waals surface area contributed by atoms with E-state index in [1.165, 1.54) is 42.3 Å². The van der Waals surface area contributed by atoms with Gasteiger partial charge in [0.1, 0.15) is 0 Å². The van der Waals surface area contributed by atoms with Crippen LogP contribution >= 0.6 is 15.9 Å². The summed E-state index contributed by atoms with van der Waals surface area (Å²) in [7, 11) is 0. The van der Waals surface area contributed by atoms with Gasteiger partial charge in [-0.05, 0) is 48.5 Å². The molecule has 0 radical (unpaired) electrons. The maximum atomic E-state index is 4.70. The van der Waals surface area contributed by atoms with Gasteiger partial charge in [0.15, 0.2) is 0 Å². The van der Waals surface area contributed by atoms with Crippen molar-refractivity contribution in [1.82, 2.24) is 9.78 Å². The summed E-state index contributed by atoms with van der Waals surface area (Å²) in [6.45, 7) is 6.56. The van der Waals surface area contributed by atoms with E-state index in [0.29, 0.717) is 6.04 Å². The zero-order valence-electron chi connectivity index (χ0n) is 10.5. The highest BCUT2D eigenvalue weighted by Gasteiger charge is 2.27. The van der Waals surface area contributed by atoms with Gasteiger partial charge in [-0.2, -0.15) is 5.10 Å². The predicted molar refractivity (Wildman–Crippen MR) is 70.7 cm³/mol. The molecule has 2 nitrogen and oxygen atoms in total. The number of aryl methyl sites for hydroxylation is 1. The topological polar surface area (TPSA) is 17.8 Å². The predicted octanol–water partition coefficient (Wildman–Crippen LogP) is 4.40. The first-order valence-electron chi connectivity index (χ1n) is 6.36. The molecule has 1 aromatic rings. The summed E-state index contributed by atoms with van der Waals surface area (Å²) in [6, 6.07) is 0.628. The smallest absolute Gasteiger partial charge is 0.0738 e. The van der Waals surface area contributed by atoms with Gasteiger partial charge < -0.3 is 0 Å². The fraction of sp³-hybridized carbons (Fsp3) is 0.769. The third kappa shape index (κ3) is 2.06. The molecule has 3 heteroatoms. The van der Waals surface area contributed by atoms with Crippen molar-refractivity contribution < 1.29 is 0 Å². The Bertz CT molecular complexity index is 370. The van der Waals surface area contributed by atoms with Crippen molar-refractivity contribution in [2.24, 2.45) is 5.92 Å². The second-order valence-electron chi connectivity index (χ2n) is 4.95. The molecule has 0 aliphatic heterocycles. The molecule has 1 aromatic heterocycles. The van der Waals surface area contributed by atoms with Crippen molar-refractivity contribution >= 4 is 15.9 Å². The summed E-state index contributed by atoms with van der Waals surface area (Å²) in [5.74, 6) is 0.818. The van der Waals surface area contributed by atoms with E-state index < -0.39 is 0 Å². The van der Waals surface area contributed by atoms with E-state index in [0.717, 1.165) is 11.6 Å². The van der Waals surface area contributed by atoms with Crippen molar-refractivity contribution in [3.63, 3.8) is 0 Å². The summed E-state index contributed by atoms with van der Waals surface area (Å²) in [5, 5.41) is 4.70. The molecule has 1 heterocycles. The summed E-state index contributed by atoms with van der Waals surface area (Å²) < 4.78 is 3.46. The van der Waals surface area contributed by atoms with Gasteiger partial charge in [-0.3, -0.25) is 4.68 Å². The average Bonchev–Trinajstić information content (AvgIpc) is 2.57. The van der Waals surface area contributed by atoms with Crippen LogP contribution < -0.4 is 0 Å². The van der Waals surface area contributed by atoms with Gasteiger partial charge in [-0.25, -0.2) is 0 Å². The maximum absolute atomic E-state index is 4.70. The van der Waals surface area contributed by atoms with Gasteiger partial charge in [-0.15, -0.1) is 0 Å². The van der Waals surface area contributed by atoms with Gasteiger partial charge in [-0.1, -0.05) is 26.2 Å². The Labute approximate surface area is 107 Å². The van der Waals surface area contributed by atoms with Crippen LogP contribution in [-0.4, -0.2) is 9.78 Å². The monoisotopic (exact) mass is 284 g/mol. The van der Waals surface area contributed by atoms with Gasteiger partial charge >= 0.3 is 0 Å². The molecule has 1 aliphatic carbocycles. The fourth-order valence-corrected chi connectivity index (χ4v) is 3.21. The fourth-order valence-electron chi connectivity index (χ4n) is 2.95. The van der Waals surface area contributed by atoms with Crippen molar-refractivity contribution in [3.05, 3.63) is 15.9 Å². The minimum Gasteiger partial charge on any atom is -0.265 e. The molecular weight excluding hydrogens is 264 g/mol. The van der Waals surface area contributed by atoms with Crippen LogP contribution in [0, 0.1) is 19.8 Å². The van der Waals surface area contributed by atoms with Crippen molar-refractivity contribution in [2.75, 3.05) is 0 Å². The molecule has 0 saturated heterocycles. The summed E-state index contributed by atoms with van der Waals surface area (Å²) in [4.78, 5) is 0. The Balaban J connectivity index is 2.30. The number of nitrogens with zero attached hydrogens (tertiary/aromatic N) is 2. The first kappa shape index (κ1) is 12.2. The van der Waals surface area contributed by atoms with E-state index in [1.54, 1.807) is 0 Å². The van der Waals surface area contributed by atoms with Crippen LogP contribution in [0.25, 0.3) is 0 Å². The normalized spacial score (nSPS) is 26.0. The van der Waals surface area contributed by atoms with Gasteiger partial charge in [0.05, 0.1) is 21.9 Å². The van der Waals surface area contributed by atoms with Crippen LogP contribution in [0.4, 0.5) is 0 Å². The van der Waals surface area contributed by atoms with Crippen LogP contribution in [0.5, 0.6) is 0 Å². The van der Waals surface area contributed by atoms with E-state index in [2.05, 4.69) is 41.4 Å². The summed E-state index contributed by atoms with van der Waals surface area (Å²) >= 11 is 3.63. The SMILES string of the molecule is CCC1CCCCC1n1nc(C)c(Br)c1C. The van der Waals surface area contributed by atoms with Crippen molar-refractivity contribution in [2.45, 2.75) is 58.9 Å². The molecular formula is C13H21BrN2. The molecule has 1 saturated carbocycles. The van der Waals surface area contributed by atoms with Gasteiger partial charge in [0.2, 0.25) is 0 Å². The third-order valence-electron chi connectivity index (χ3n) is 3.94. The molecule has 2 unspecified atom stereocenters. The van der Waals surface area contributed by atoms with E-state index in [-0.39, 0.29) is 0 Å². The summed E-state index contributed by atoms with van der Waals surface area (Å²) in [5.41, 5.74) is 2.42. The average molecular weight is 285 g/mol. The first-order chi connectivity index (χ1) is 7.65. The molecule has 1 aliphatic rings. The van der Waals surface area contributed by atoms with E-state index in [1.807, 2.05) is 0 Å². The van der Waals surface area contributed by atoms with Gasteiger partial charge in [0.25, 0.3) is 0 Å². The molecule has 0 N–H and O–H groups in total. The van der Waals surface area contributed by atoms with Crippen molar-refractivity contribution in [3.8, 4) is 0 Å². The van der Waals surface area contributed by atoms with Crippen LogP contribution in [0.3, 0.4) is 0 Å². The Morgan fingerprint density at radius 3 is 2.56 bits per heavy atom.